The third-order valence-electron chi connectivity index (χ3n) is 4.42. The van der Waals surface area contributed by atoms with Gasteiger partial charge in [0, 0.05) is 12.7 Å². The van der Waals surface area contributed by atoms with Gasteiger partial charge in [-0.15, -0.1) is 0 Å². The molecule has 0 aliphatic heterocycles. The first kappa shape index (κ1) is 19.9. The Morgan fingerprint density at radius 2 is 2.07 bits per heavy atom. The lowest BCUT2D eigenvalue weighted by atomic mass is 10.1. The molecular weight excluding hydrogens is 413 g/mol. The molecule has 30 heavy (non-hydrogen) atoms. The average molecular weight is 431 g/mol. The molecule has 3 N–H and O–H groups in total. The highest BCUT2D eigenvalue weighted by molar-refractivity contribution is 7.92. The first-order valence-corrected chi connectivity index (χ1v) is 10.4. The number of anilines is 1. The summed E-state index contributed by atoms with van der Waals surface area (Å²) in [6.07, 6.45) is 1.80. The first-order chi connectivity index (χ1) is 14.4. The molecular formula is C19H18FN5O4S. The van der Waals surface area contributed by atoms with Crippen molar-refractivity contribution >= 4 is 26.8 Å². The van der Waals surface area contributed by atoms with Crippen LogP contribution in [0.1, 0.15) is 11.3 Å². The number of hydrogen-bond acceptors (Lipinski definition) is 7. The van der Waals surface area contributed by atoms with E-state index in [1.165, 1.54) is 19.2 Å². The van der Waals surface area contributed by atoms with Crippen LogP contribution in [-0.4, -0.2) is 30.5 Å². The smallest absolute Gasteiger partial charge is 0.266 e. The molecule has 2 aromatic heterocycles. The molecule has 0 unspecified atom stereocenters. The lowest BCUT2D eigenvalue weighted by Crippen LogP contribution is -2.15. The van der Waals surface area contributed by atoms with Crippen LogP contribution in [0, 0.1) is 5.82 Å². The van der Waals surface area contributed by atoms with E-state index in [2.05, 4.69) is 15.0 Å². The number of nitrogens with one attached hydrogen (secondary N) is 1. The van der Waals surface area contributed by atoms with E-state index in [1.54, 1.807) is 23.0 Å². The summed E-state index contributed by atoms with van der Waals surface area (Å²) in [6.45, 7) is 0.756. The fourth-order valence-corrected chi connectivity index (χ4v) is 4.13. The lowest BCUT2D eigenvalue weighted by molar-refractivity contribution is 0.418. The van der Waals surface area contributed by atoms with E-state index in [4.69, 9.17) is 15.0 Å². The summed E-state index contributed by atoms with van der Waals surface area (Å²) in [5, 5.41) is 8.46. The molecule has 0 spiro atoms. The molecule has 0 saturated carbocycles. The van der Waals surface area contributed by atoms with Gasteiger partial charge in [-0.2, -0.15) is 5.10 Å². The van der Waals surface area contributed by atoms with Crippen LogP contribution in [0.15, 0.2) is 58.1 Å². The van der Waals surface area contributed by atoms with Gasteiger partial charge in [-0.1, -0.05) is 17.3 Å². The summed E-state index contributed by atoms with van der Waals surface area (Å²) >= 11 is 0. The zero-order valence-corrected chi connectivity index (χ0v) is 16.7. The van der Waals surface area contributed by atoms with Crippen molar-refractivity contribution < 1.29 is 22.1 Å². The summed E-state index contributed by atoms with van der Waals surface area (Å²) in [4.78, 5) is -0.494. The van der Waals surface area contributed by atoms with Gasteiger partial charge in [0.15, 0.2) is 11.4 Å². The Labute approximate surface area is 171 Å². The van der Waals surface area contributed by atoms with Crippen LogP contribution < -0.4 is 15.2 Å². The average Bonchev–Trinajstić information content (AvgIpc) is 3.34. The Bertz CT molecular complexity index is 1320. The quantitative estimate of drug-likeness (QED) is 0.460. The Kier molecular flexibility index (Phi) is 5.14. The molecule has 4 aromatic rings. The molecule has 0 amide bonds. The van der Waals surface area contributed by atoms with E-state index >= 15 is 0 Å². The number of hydrogen-bond donors (Lipinski definition) is 2. The summed E-state index contributed by atoms with van der Waals surface area (Å²) in [5.41, 5.74) is 7.44. The number of benzene rings is 2. The summed E-state index contributed by atoms with van der Waals surface area (Å²) in [7, 11) is -2.77. The highest BCUT2D eigenvalue weighted by Crippen LogP contribution is 2.35. The topological polar surface area (TPSA) is 125 Å². The summed E-state index contributed by atoms with van der Waals surface area (Å²) in [5.74, 6) is -0.620. The Morgan fingerprint density at radius 3 is 2.77 bits per heavy atom. The van der Waals surface area contributed by atoms with Crippen molar-refractivity contribution in [3.63, 3.8) is 0 Å². The minimum atomic E-state index is -4.22. The number of methoxy groups -OCH3 is 1. The molecule has 0 saturated heterocycles. The predicted molar refractivity (Wildman–Crippen MR) is 107 cm³/mol. The van der Waals surface area contributed by atoms with Crippen molar-refractivity contribution in [3.8, 4) is 5.75 Å². The Balaban J connectivity index is 1.70. The number of rotatable bonds is 7. The van der Waals surface area contributed by atoms with Crippen LogP contribution in [0.4, 0.5) is 10.2 Å². The van der Waals surface area contributed by atoms with E-state index in [1.807, 2.05) is 6.07 Å². The van der Waals surface area contributed by atoms with Crippen molar-refractivity contribution in [2.45, 2.75) is 18.0 Å². The van der Waals surface area contributed by atoms with Crippen LogP contribution in [0.3, 0.4) is 0 Å². The zero-order valence-electron chi connectivity index (χ0n) is 15.9. The van der Waals surface area contributed by atoms with Gasteiger partial charge in [0.2, 0.25) is 0 Å². The maximum atomic E-state index is 14.0. The van der Waals surface area contributed by atoms with Crippen molar-refractivity contribution in [1.82, 2.24) is 14.9 Å². The lowest BCUT2D eigenvalue weighted by Gasteiger charge is -2.09. The summed E-state index contributed by atoms with van der Waals surface area (Å²) < 4.78 is 53.9. The number of nitrogens with zero attached hydrogens (tertiary/aromatic N) is 3. The van der Waals surface area contributed by atoms with E-state index < -0.39 is 20.7 Å². The van der Waals surface area contributed by atoms with Gasteiger partial charge in [-0.3, -0.25) is 9.40 Å². The number of sulfonamides is 1. The third-order valence-corrected chi connectivity index (χ3v) is 5.80. The van der Waals surface area contributed by atoms with E-state index in [0.29, 0.717) is 29.8 Å². The van der Waals surface area contributed by atoms with Gasteiger partial charge in [0.1, 0.15) is 21.8 Å². The highest BCUT2D eigenvalue weighted by Gasteiger charge is 2.24. The maximum Gasteiger partial charge on any atom is 0.266 e. The fraction of sp³-hybridized carbons (Fsp3) is 0.158. The molecule has 2 aromatic carbocycles. The monoisotopic (exact) mass is 431 g/mol. The Morgan fingerprint density at radius 1 is 1.27 bits per heavy atom. The first-order valence-electron chi connectivity index (χ1n) is 8.87. The second kappa shape index (κ2) is 7.76. The minimum Gasteiger partial charge on any atom is -0.496 e. The van der Waals surface area contributed by atoms with Crippen molar-refractivity contribution in [2.75, 3.05) is 11.8 Å². The van der Waals surface area contributed by atoms with E-state index in [-0.39, 0.29) is 5.82 Å². The van der Waals surface area contributed by atoms with Crippen molar-refractivity contribution in [1.29, 1.82) is 0 Å². The molecule has 4 rings (SSSR count). The van der Waals surface area contributed by atoms with E-state index in [0.717, 1.165) is 23.4 Å². The molecule has 0 aliphatic carbocycles. The highest BCUT2D eigenvalue weighted by atomic mass is 32.2. The second-order valence-corrected chi connectivity index (χ2v) is 8.10. The fourth-order valence-electron chi connectivity index (χ4n) is 3.04. The van der Waals surface area contributed by atoms with Gasteiger partial charge < -0.3 is 15.0 Å². The van der Waals surface area contributed by atoms with Crippen LogP contribution >= 0.6 is 0 Å². The molecule has 2 heterocycles. The van der Waals surface area contributed by atoms with Crippen LogP contribution in [-0.2, 0) is 23.1 Å². The number of nitrogens with two attached hydrogens (primary N) is 1. The number of halogens is 1. The third kappa shape index (κ3) is 3.72. The largest absolute Gasteiger partial charge is 0.496 e. The molecule has 0 bridgehead atoms. The normalized spacial score (nSPS) is 11.7. The SMILES string of the molecule is COc1cc(Cn2ccc(CN)n2)cc2onc(NS(=O)(=O)c3ccccc3F)c12. The van der Waals surface area contributed by atoms with Crippen LogP contribution in [0.2, 0.25) is 0 Å². The van der Waals surface area contributed by atoms with E-state index in [9.17, 15) is 12.8 Å². The van der Waals surface area contributed by atoms with Crippen molar-refractivity contribution in [3.05, 3.63) is 65.7 Å². The van der Waals surface area contributed by atoms with Gasteiger partial charge in [0.25, 0.3) is 10.0 Å². The molecule has 0 fully saturated rings. The standard InChI is InChI=1S/C19H18FN5O4S/c1-28-15-8-12(11-25-7-6-13(10-21)22-25)9-16-18(15)19(23-29-16)24-30(26,27)17-5-3-2-4-14(17)20/h2-9H,10-11,21H2,1H3,(H,23,24). The molecule has 0 radical (unpaired) electrons. The molecule has 11 heteroatoms. The molecule has 156 valence electrons. The Hall–Kier alpha value is -3.44. The maximum absolute atomic E-state index is 14.0. The number of aromatic nitrogens is 3. The molecule has 0 aliphatic rings. The van der Waals surface area contributed by atoms with Crippen LogP contribution in [0.25, 0.3) is 11.0 Å². The van der Waals surface area contributed by atoms with Crippen LogP contribution in [0.5, 0.6) is 5.75 Å². The molecule has 0 atom stereocenters. The predicted octanol–water partition coefficient (Wildman–Crippen LogP) is 2.48. The van der Waals surface area contributed by atoms with Crippen molar-refractivity contribution in [2.24, 2.45) is 5.73 Å². The second-order valence-electron chi connectivity index (χ2n) is 6.45. The van der Waals surface area contributed by atoms with Gasteiger partial charge in [-0.05, 0) is 35.9 Å². The minimum absolute atomic E-state index is 0.0961. The number of ether oxygens (including phenoxy) is 1. The van der Waals surface area contributed by atoms with Gasteiger partial charge in [0.05, 0.1) is 19.3 Å². The van der Waals surface area contributed by atoms with Gasteiger partial charge in [-0.25, -0.2) is 12.8 Å². The summed E-state index contributed by atoms with van der Waals surface area (Å²) in [6, 6.07) is 10.3. The van der Waals surface area contributed by atoms with Gasteiger partial charge >= 0.3 is 0 Å². The zero-order chi connectivity index (χ0) is 21.3. The molecule has 9 nitrogen and oxygen atoms in total. The number of fused-ring (bicyclic) bond motifs is 1.